The van der Waals surface area contributed by atoms with Crippen LogP contribution in [-0.4, -0.2) is 29.9 Å². The van der Waals surface area contributed by atoms with Gasteiger partial charge in [0.15, 0.2) is 0 Å². The van der Waals surface area contributed by atoms with Crippen LogP contribution in [-0.2, 0) is 9.59 Å². The monoisotopic (exact) mass is 299 g/mol. The molecule has 0 fully saturated rings. The molecule has 0 radical (unpaired) electrons. The minimum Gasteiger partial charge on any atom is -0.325 e. The summed E-state index contributed by atoms with van der Waals surface area (Å²) in [4.78, 5) is 22.7. The first-order chi connectivity index (χ1) is 9.43. The Morgan fingerprint density at radius 2 is 2.10 bits per heavy atom. The lowest BCUT2D eigenvalue weighted by molar-refractivity contribution is -0.117. The molecule has 0 aliphatic carbocycles. The number of carbonyl (C=O) groups excluding carboxylic acids is 2. The zero-order valence-electron chi connectivity index (χ0n) is 11.4. The van der Waals surface area contributed by atoms with Crippen molar-refractivity contribution in [2.75, 3.05) is 22.6 Å². The van der Waals surface area contributed by atoms with Gasteiger partial charge < -0.3 is 16.4 Å². The molecule has 0 unspecified atom stereocenters. The second-order valence-corrected chi connectivity index (χ2v) is 5.24. The Kier molecular flexibility index (Phi) is 6.47. The number of hydrogen-bond acceptors (Lipinski definition) is 4. The van der Waals surface area contributed by atoms with E-state index in [1.54, 1.807) is 11.8 Å². The Balaban J connectivity index is 2.72. The number of carbonyl (C=O) groups is 2. The van der Waals surface area contributed by atoms with Crippen LogP contribution in [0, 0.1) is 5.82 Å². The Labute approximate surface area is 121 Å². The van der Waals surface area contributed by atoms with Gasteiger partial charge in [-0.25, -0.2) is 4.39 Å². The Morgan fingerprint density at radius 3 is 2.70 bits per heavy atom. The summed E-state index contributed by atoms with van der Waals surface area (Å²) in [5.41, 5.74) is 6.14. The van der Waals surface area contributed by atoms with Crippen molar-refractivity contribution in [3.63, 3.8) is 0 Å². The number of rotatable bonds is 6. The largest absolute Gasteiger partial charge is 0.325 e. The summed E-state index contributed by atoms with van der Waals surface area (Å²) >= 11 is 1.61. The van der Waals surface area contributed by atoms with Crippen LogP contribution in [0.25, 0.3) is 0 Å². The highest BCUT2D eigenvalue weighted by molar-refractivity contribution is 7.98. The fourth-order valence-corrected chi connectivity index (χ4v) is 1.99. The van der Waals surface area contributed by atoms with Gasteiger partial charge >= 0.3 is 0 Å². The van der Waals surface area contributed by atoms with E-state index in [4.69, 9.17) is 5.73 Å². The Hall–Kier alpha value is -1.60. The SMILES string of the molecule is CSCC[C@@H](N)C(=O)Nc1ccc(F)c(NC(C)=O)c1. The molecule has 0 spiro atoms. The van der Waals surface area contributed by atoms with Crippen LogP contribution in [0.2, 0.25) is 0 Å². The third-order valence-corrected chi connectivity index (χ3v) is 3.16. The van der Waals surface area contributed by atoms with E-state index in [0.717, 1.165) is 5.75 Å². The van der Waals surface area contributed by atoms with Crippen LogP contribution in [0.5, 0.6) is 0 Å². The highest BCUT2D eigenvalue weighted by Gasteiger charge is 2.14. The molecule has 0 bridgehead atoms. The second kappa shape index (κ2) is 7.86. The third-order valence-electron chi connectivity index (χ3n) is 2.51. The molecular weight excluding hydrogens is 281 g/mol. The van der Waals surface area contributed by atoms with Crippen LogP contribution >= 0.6 is 11.8 Å². The first-order valence-corrected chi connectivity index (χ1v) is 7.46. The van der Waals surface area contributed by atoms with E-state index in [2.05, 4.69) is 10.6 Å². The molecule has 1 rings (SSSR count). The summed E-state index contributed by atoms with van der Waals surface area (Å²) in [6, 6.07) is 3.33. The van der Waals surface area contributed by atoms with Gasteiger partial charge in [-0.3, -0.25) is 9.59 Å². The summed E-state index contributed by atoms with van der Waals surface area (Å²) in [5.74, 6) is -0.497. The molecule has 0 aliphatic heterocycles. The lowest BCUT2D eigenvalue weighted by Gasteiger charge is -2.13. The molecular formula is C13H18FN3O2S. The molecule has 0 aliphatic rings. The van der Waals surface area contributed by atoms with E-state index in [-0.39, 0.29) is 17.5 Å². The molecule has 5 nitrogen and oxygen atoms in total. The number of anilines is 2. The summed E-state index contributed by atoms with van der Waals surface area (Å²) in [5, 5.41) is 4.95. The van der Waals surface area contributed by atoms with Crippen molar-refractivity contribution in [1.82, 2.24) is 0 Å². The van der Waals surface area contributed by atoms with Crippen molar-refractivity contribution in [3.8, 4) is 0 Å². The van der Waals surface area contributed by atoms with E-state index in [1.807, 2.05) is 6.26 Å². The Bertz CT molecular complexity index is 497. The lowest BCUT2D eigenvalue weighted by Crippen LogP contribution is -2.36. The first-order valence-electron chi connectivity index (χ1n) is 6.06. The number of hydrogen-bond donors (Lipinski definition) is 3. The fourth-order valence-electron chi connectivity index (χ4n) is 1.50. The maximum absolute atomic E-state index is 13.4. The van der Waals surface area contributed by atoms with Gasteiger partial charge in [-0.15, -0.1) is 0 Å². The molecule has 20 heavy (non-hydrogen) atoms. The molecule has 1 aromatic rings. The number of thioether (sulfide) groups is 1. The van der Waals surface area contributed by atoms with Crippen molar-refractivity contribution < 1.29 is 14.0 Å². The van der Waals surface area contributed by atoms with Crippen LogP contribution < -0.4 is 16.4 Å². The average molecular weight is 299 g/mol. The normalized spacial score (nSPS) is 11.8. The molecule has 110 valence electrons. The van der Waals surface area contributed by atoms with E-state index in [0.29, 0.717) is 12.1 Å². The fraction of sp³-hybridized carbons (Fsp3) is 0.385. The molecule has 7 heteroatoms. The van der Waals surface area contributed by atoms with Gasteiger partial charge in [-0.2, -0.15) is 11.8 Å². The molecule has 0 aromatic heterocycles. The quantitative estimate of drug-likeness (QED) is 0.748. The average Bonchev–Trinajstić information content (AvgIpc) is 2.39. The zero-order valence-corrected chi connectivity index (χ0v) is 12.2. The van der Waals surface area contributed by atoms with Crippen LogP contribution in [0.3, 0.4) is 0 Å². The predicted molar refractivity (Wildman–Crippen MR) is 80.3 cm³/mol. The van der Waals surface area contributed by atoms with Crippen molar-refractivity contribution >= 4 is 35.0 Å². The van der Waals surface area contributed by atoms with Crippen LogP contribution in [0.4, 0.5) is 15.8 Å². The summed E-state index contributed by atoms with van der Waals surface area (Å²) < 4.78 is 13.4. The minimum absolute atomic E-state index is 0.0213. The van der Waals surface area contributed by atoms with Crippen LogP contribution in [0.15, 0.2) is 18.2 Å². The van der Waals surface area contributed by atoms with E-state index >= 15 is 0 Å². The minimum atomic E-state index is -0.614. The second-order valence-electron chi connectivity index (χ2n) is 4.25. The molecule has 2 amide bonds. The maximum atomic E-state index is 13.4. The summed E-state index contributed by atoms with van der Waals surface area (Å²) in [6.07, 6.45) is 2.50. The van der Waals surface area contributed by atoms with Gasteiger partial charge in [-0.05, 0) is 36.6 Å². The standard InChI is InChI=1S/C13H18FN3O2S/c1-8(18)16-12-7-9(3-4-10(12)14)17-13(19)11(15)5-6-20-2/h3-4,7,11H,5-6,15H2,1-2H3,(H,16,18)(H,17,19)/t11-/m1/s1. The van der Waals surface area contributed by atoms with Gasteiger partial charge in [0.05, 0.1) is 11.7 Å². The van der Waals surface area contributed by atoms with Crippen molar-refractivity contribution in [2.24, 2.45) is 5.73 Å². The Morgan fingerprint density at radius 1 is 1.40 bits per heavy atom. The number of nitrogens with two attached hydrogens (primary N) is 1. The molecule has 0 saturated heterocycles. The van der Waals surface area contributed by atoms with Crippen LogP contribution in [0.1, 0.15) is 13.3 Å². The van der Waals surface area contributed by atoms with E-state index in [1.165, 1.54) is 25.1 Å². The van der Waals surface area contributed by atoms with Crippen molar-refractivity contribution in [3.05, 3.63) is 24.0 Å². The molecule has 4 N–H and O–H groups in total. The van der Waals surface area contributed by atoms with Gasteiger partial charge in [0.25, 0.3) is 0 Å². The summed E-state index contributed by atoms with van der Waals surface area (Å²) in [7, 11) is 0. The lowest BCUT2D eigenvalue weighted by atomic mass is 10.2. The van der Waals surface area contributed by atoms with Gasteiger partial charge in [0.1, 0.15) is 5.82 Å². The zero-order chi connectivity index (χ0) is 15.1. The highest BCUT2D eigenvalue weighted by Crippen LogP contribution is 2.19. The topological polar surface area (TPSA) is 84.2 Å². The van der Waals surface area contributed by atoms with E-state index in [9.17, 15) is 14.0 Å². The third kappa shape index (κ3) is 5.18. The molecule has 0 saturated carbocycles. The number of amides is 2. The smallest absolute Gasteiger partial charge is 0.241 e. The summed E-state index contributed by atoms with van der Waals surface area (Å²) in [6.45, 7) is 1.28. The van der Waals surface area contributed by atoms with Crippen molar-refractivity contribution in [2.45, 2.75) is 19.4 Å². The van der Waals surface area contributed by atoms with Gasteiger partial charge in [-0.1, -0.05) is 0 Å². The van der Waals surface area contributed by atoms with Crippen molar-refractivity contribution in [1.29, 1.82) is 0 Å². The maximum Gasteiger partial charge on any atom is 0.241 e. The molecule has 1 atom stereocenters. The van der Waals surface area contributed by atoms with Gasteiger partial charge in [0.2, 0.25) is 11.8 Å². The number of halogens is 1. The van der Waals surface area contributed by atoms with E-state index < -0.39 is 11.9 Å². The number of benzene rings is 1. The predicted octanol–water partition coefficient (Wildman–Crippen LogP) is 1.80. The van der Waals surface area contributed by atoms with Gasteiger partial charge in [0, 0.05) is 12.6 Å². The molecule has 1 aromatic carbocycles. The highest BCUT2D eigenvalue weighted by atomic mass is 32.2. The molecule has 0 heterocycles. The number of nitrogens with one attached hydrogen (secondary N) is 2. The first kappa shape index (κ1) is 16.5.